The van der Waals surface area contributed by atoms with Crippen molar-refractivity contribution in [3.8, 4) is 11.6 Å². The fraction of sp³-hybridized carbons (Fsp3) is 0.261. The average Bonchev–Trinajstić information content (AvgIpc) is 3.05. The third-order valence-corrected chi connectivity index (χ3v) is 5.13. The zero-order valence-electron chi connectivity index (χ0n) is 17.7. The smallest absolute Gasteiger partial charge is 0.336 e. The highest BCUT2D eigenvalue weighted by Crippen LogP contribution is 2.28. The predicted molar refractivity (Wildman–Crippen MR) is 116 cm³/mol. The number of phenols is 1. The van der Waals surface area contributed by atoms with Gasteiger partial charge in [-0.05, 0) is 50.6 Å². The first-order chi connectivity index (χ1) is 14.7. The molecule has 0 aliphatic rings. The molecule has 0 saturated heterocycles. The minimum Gasteiger partial charge on any atom is -0.507 e. The van der Waals surface area contributed by atoms with Crippen LogP contribution in [0.25, 0.3) is 0 Å². The number of anilines is 1. The summed E-state index contributed by atoms with van der Waals surface area (Å²) in [5.41, 5.74) is 1.81. The predicted octanol–water partition coefficient (Wildman–Crippen LogP) is 3.43. The summed E-state index contributed by atoms with van der Waals surface area (Å²) in [7, 11) is 0. The monoisotopic (exact) mass is 423 g/mol. The number of carboxylic acid groups (broad SMARTS) is 1. The zero-order chi connectivity index (χ0) is 22.7. The van der Waals surface area contributed by atoms with E-state index >= 15 is 0 Å². The molecule has 0 radical (unpaired) electrons. The molecule has 0 saturated carbocycles. The Kier molecular flexibility index (Phi) is 6.29. The van der Waals surface area contributed by atoms with E-state index in [4.69, 9.17) is 0 Å². The number of rotatable bonds is 8. The lowest BCUT2D eigenvalue weighted by molar-refractivity contribution is 0.0692. The minimum atomic E-state index is -1.24. The lowest BCUT2D eigenvalue weighted by Crippen LogP contribution is -2.21. The second-order valence-corrected chi connectivity index (χ2v) is 7.19. The van der Waals surface area contributed by atoms with E-state index in [2.05, 4.69) is 5.10 Å². The highest BCUT2D eigenvalue weighted by Gasteiger charge is 2.22. The molecule has 0 unspecified atom stereocenters. The van der Waals surface area contributed by atoms with Gasteiger partial charge in [-0.25, -0.2) is 9.48 Å². The van der Waals surface area contributed by atoms with Gasteiger partial charge >= 0.3 is 5.97 Å². The fourth-order valence-electron chi connectivity index (χ4n) is 3.53. The molecule has 0 aliphatic carbocycles. The van der Waals surface area contributed by atoms with Crippen LogP contribution in [0.15, 0.2) is 42.5 Å². The van der Waals surface area contributed by atoms with Gasteiger partial charge in [0.15, 0.2) is 5.78 Å². The number of aromatic nitrogens is 2. The van der Waals surface area contributed by atoms with Gasteiger partial charge in [0.05, 0.1) is 23.4 Å². The summed E-state index contributed by atoms with van der Waals surface area (Å²) in [4.78, 5) is 26.9. The number of carbonyl (C=O) groups is 2. The Labute approximate surface area is 180 Å². The number of nitrogens with zero attached hydrogens (tertiary/aromatic N) is 3. The number of carbonyl (C=O) groups excluding carboxylic acids is 1. The molecular weight excluding hydrogens is 398 g/mol. The van der Waals surface area contributed by atoms with Crippen LogP contribution in [0, 0.1) is 6.92 Å². The second-order valence-electron chi connectivity index (χ2n) is 7.19. The molecular formula is C23H25N3O5. The molecule has 0 fully saturated rings. The first-order valence-corrected chi connectivity index (χ1v) is 9.97. The lowest BCUT2D eigenvalue weighted by Gasteiger charge is -2.21. The van der Waals surface area contributed by atoms with E-state index in [1.165, 1.54) is 35.0 Å². The van der Waals surface area contributed by atoms with Crippen LogP contribution in [0.5, 0.6) is 11.6 Å². The highest BCUT2D eigenvalue weighted by molar-refractivity contribution is 6.15. The molecule has 31 heavy (non-hydrogen) atoms. The van der Waals surface area contributed by atoms with Gasteiger partial charge in [0.1, 0.15) is 5.75 Å². The van der Waals surface area contributed by atoms with Crippen LogP contribution in [0.3, 0.4) is 0 Å². The van der Waals surface area contributed by atoms with E-state index in [1.54, 1.807) is 19.1 Å². The maximum atomic E-state index is 13.2. The zero-order valence-corrected chi connectivity index (χ0v) is 17.7. The summed E-state index contributed by atoms with van der Waals surface area (Å²) in [5.74, 6) is -2.08. The molecule has 3 N–H and O–H groups in total. The van der Waals surface area contributed by atoms with Crippen molar-refractivity contribution in [3.63, 3.8) is 0 Å². The quantitative estimate of drug-likeness (QED) is 0.475. The molecule has 2 aromatic carbocycles. The number of aromatic hydroxyl groups is 2. The van der Waals surface area contributed by atoms with Gasteiger partial charge in [-0.2, -0.15) is 5.10 Å². The van der Waals surface area contributed by atoms with E-state index in [0.717, 1.165) is 18.8 Å². The van der Waals surface area contributed by atoms with E-state index in [1.807, 2.05) is 18.7 Å². The van der Waals surface area contributed by atoms with Gasteiger partial charge in [0.2, 0.25) is 5.88 Å². The molecule has 8 nitrogen and oxygen atoms in total. The Bertz CT molecular complexity index is 1130. The number of ketones is 1. The minimum absolute atomic E-state index is 0.0216. The summed E-state index contributed by atoms with van der Waals surface area (Å²) in [6, 6.07) is 10.6. The summed E-state index contributed by atoms with van der Waals surface area (Å²) < 4.78 is 1.36. The van der Waals surface area contributed by atoms with E-state index < -0.39 is 11.8 Å². The van der Waals surface area contributed by atoms with Crippen LogP contribution in [-0.2, 0) is 6.54 Å². The van der Waals surface area contributed by atoms with Crippen molar-refractivity contribution in [1.29, 1.82) is 0 Å². The summed E-state index contributed by atoms with van der Waals surface area (Å²) >= 11 is 0. The summed E-state index contributed by atoms with van der Waals surface area (Å²) in [6.07, 6.45) is 0. The molecule has 1 heterocycles. The van der Waals surface area contributed by atoms with Crippen LogP contribution in [-0.4, -0.2) is 49.9 Å². The molecule has 162 valence electrons. The third kappa shape index (κ3) is 4.53. The normalized spacial score (nSPS) is 10.8. The van der Waals surface area contributed by atoms with Gasteiger partial charge in [-0.3, -0.25) is 4.79 Å². The summed E-state index contributed by atoms with van der Waals surface area (Å²) in [6.45, 7) is 7.37. The largest absolute Gasteiger partial charge is 0.507 e. The Balaban J connectivity index is 2.00. The number of phenolic OH excluding ortho intramolecular Hbond substituents is 1. The topological polar surface area (TPSA) is 116 Å². The molecule has 8 heteroatoms. The molecule has 3 aromatic rings. The van der Waals surface area contributed by atoms with Crippen LogP contribution in [0.1, 0.15) is 51.4 Å². The molecule has 0 bridgehead atoms. The molecule has 0 amide bonds. The fourth-order valence-corrected chi connectivity index (χ4v) is 3.53. The van der Waals surface area contributed by atoms with Gasteiger partial charge < -0.3 is 20.2 Å². The maximum Gasteiger partial charge on any atom is 0.336 e. The van der Waals surface area contributed by atoms with E-state index in [0.29, 0.717) is 11.3 Å². The van der Waals surface area contributed by atoms with Crippen LogP contribution in [0.4, 0.5) is 5.69 Å². The SMILES string of the molecule is CCN(CC)c1ccc(C(=O)c2cc(Cn3nc(C)cc3O)ccc2C(=O)O)c(O)c1. The highest BCUT2D eigenvalue weighted by atomic mass is 16.4. The number of hydrogen-bond donors (Lipinski definition) is 3. The van der Waals surface area contributed by atoms with Crippen molar-refractivity contribution in [3.05, 3.63) is 70.4 Å². The first kappa shape index (κ1) is 21.9. The Morgan fingerprint density at radius 2 is 1.65 bits per heavy atom. The molecule has 0 aliphatic heterocycles. The maximum absolute atomic E-state index is 13.2. The lowest BCUT2D eigenvalue weighted by atomic mass is 9.95. The average molecular weight is 423 g/mol. The van der Waals surface area contributed by atoms with Crippen LogP contribution < -0.4 is 4.90 Å². The van der Waals surface area contributed by atoms with Gasteiger partial charge in [0, 0.05) is 36.5 Å². The van der Waals surface area contributed by atoms with Crippen molar-refractivity contribution in [2.45, 2.75) is 27.3 Å². The standard InChI is InChI=1S/C23H25N3O5/c1-4-25(5-2)16-7-9-18(20(27)12-16)22(29)19-11-15(6-8-17(19)23(30)31)13-26-21(28)10-14(3)24-26/h6-12,27-28H,4-5,13H2,1-3H3,(H,30,31). The van der Waals surface area contributed by atoms with Crippen molar-refractivity contribution < 1.29 is 24.9 Å². The van der Waals surface area contributed by atoms with Crippen molar-refractivity contribution in [2.75, 3.05) is 18.0 Å². The van der Waals surface area contributed by atoms with Crippen LogP contribution in [0.2, 0.25) is 0 Å². The van der Waals surface area contributed by atoms with Crippen molar-refractivity contribution in [2.24, 2.45) is 0 Å². The Hall–Kier alpha value is -3.81. The summed E-state index contributed by atoms with van der Waals surface area (Å²) in [5, 5.41) is 34.2. The molecule has 3 rings (SSSR count). The van der Waals surface area contributed by atoms with E-state index in [9.17, 15) is 24.9 Å². The molecule has 0 atom stereocenters. The Morgan fingerprint density at radius 3 is 2.19 bits per heavy atom. The second kappa shape index (κ2) is 8.91. The number of benzene rings is 2. The third-order valence-electron chi connectivity index (χ3n) is 5.13. The first-order valence-electron chi connectivity index (χ1n) is 9.97. The van der Waals surface area contributed by atoms with Gasteiger partial charge in [-0.15, -0.1) is 0 Å². The van der Waals surface area contributed by atoms with Crippen molar-refractivity contribution >= 4 is 17.4 Å². The molecule has 0 spiro atoms. The van der Waals surface area contributed by atoms with Gasteiger partial charge in [0.25, 0.3) is 0 Å². The Morgan fingerprint density at radius 1 is 0.968 bits per heavy atom. The van der Waals surface area contributed by atoms with Crippen molar-refractivity contribution in [1.82, 2.24) is 9.78 Å². The van der Waals surface area contributed by atoms with Gasteiger partial charge in [-0.1, -0.05) is 6.07 Å². The number of aryl methyl sites for hydroxylation is 1. The van der Waals surface area contributed by atoms with Crippen LogP contribution >= 0.6 is 0 Å². The number of hydrogen-bond acceptors (Lipinski definition) is 6. The molecule has 1 aromatic heterocycles. The number of aromatic carboxylic acids is 1. The number of carboxylic acids is 1. The van der Waals surface area contributed by atoms with E-state index in [-0.39, 0.29) is 34.9 Å².